The standard InChI is InChI=1S/C19H21N3O3/c20-12-14-10-11-17(25-14)19(24)22-16-9-5-4-8-15(16)21-18(23)13-6-2-1-3-7-13/h1-9,14,17H,10-12,20H2,(H,21,23)(H,22,24)/t14-,17+/m1/s1. The summed E-state index contributed by atoms with van der Waals surface area (Å²) in [4.78, 5) is 24.7. The summed E-state index contributed by atoms with van der Waals surface area (Å²) >= 11 is 0. The number of carbonyl (C=O) groups is 2. The first-order valence-electron chi connectivity index (χ1n) is 8.29. The van der Waals surface area contributed by atoms with E-state index in [1.54, 1.807) is 48.5 Å². The number of nitrogens with two attached hydrogens (primary N) is 1. The molecule has 0 aromatic heterocycles. The number of hydrogen-bond donors (Lipinski definition) is 3. The molecule has 0 radical (unpaired) electrons. The summed E-state index contributed by atoms with van der Waals surface area (Å²) < 4.78 is 5.61. The van der Waals surface area contributed by atoms with Gasteiger partial charge in [-0.2, -0.15) is 0 Å². The molecular weight excluding hydrogens is 318 g/mol. The van der Waals surface area contributed by atoms with Gasteiger partial charge in [-0.3, -0.25) is 9.59 Å². The minimum Gasteiger partial charge on any atom is -0.364 e. The monoisotopic (exact) mass is 339 g/mol. The predicted octanol–water partition coefficient (Wildman–Crippen LogP) is 2.38. The van der Waals surface area contributed by atoms with Gasteiger partial charge < -0.3 is 21.1 Å². The normalized spacial score (nSPS) is 19.4. The van der Waals surface area contributed by atoms with E-state index in [1.165, 1.54) is 0 Å². The topological polar surface area (TPSA) is 93.5 Å². The van der Waals surface area contributed by atoms with Gasteiger partial charge in [-0.05, 0) is 37.1 Å². The van der Waals surface area contributed by atoms with Crippen LogP contribution in [-0.2, 0) is 9.53 Å². The van der Waals surface area contributed by atoms with Crippen LogP contribution in [-0.4, -0.2) is 30.6 Å². The van der Waals surface area contributed by atoms with Gasteiger partial charge in [0.2, 0.25) is 0 Å². The van der Waals surface area contributed by atoms with Gasteiger partial charge in [0.05, 0.1) is 17.5 Å². The quantitative estimate of drug-likeness (QED) is 0.780. The zero-order valence-corrected chi connectivity index (χ0v) is 13.8. The van der Waals surface area contributed by atoms with Gasteiger partial charge in [0.15, 0.2) is 0 Å². The second kappa shape index (κ2) is 7.92. The van der Waals surface area contributed by atoms with Crippen molar-refractivity contribution in [2.24, 2.45) is 5.73 Å². The molecular formula is C19H21N3O3. The number of para-hydroxylation sites is 2. The Morgan fingerprint density at radius 2 is 1.60 bits per heavy atom. The molecule has 2 atom stereocenters. The number of nitrogens with one attached hydrogen (secondary N) is 2. The summed E-state index contributed by atoms with van der Waals surface area (Å²) in [5.41, 5.74) is 7.21. The maximum absolute atomic E-state index is 12.4. The van der Waals surface area contributed by atoms with Crippen LogP contribution >= 0.6 is 0 Å². The number of anilines is 2. The largest absolute Gasteiger partial charge is 0.364 e. The van der Waals surface area contributed by atoms with Crippen molar-refractivity contribution in [3.63, 3.8) is 0 Å². The third-order valence-electron chi connectivity index (χ3n) is 4.13. The lowest BCUT2D eigenvalue weighted by atomic mass is 10.1. The first-order valence-corrected chi connectivity index (χ1v) is 8.29. The highest BCUT2D eigenvalue weighted by molar-refractivity contribution is 6.07. The van der Waals surface area contributed by atoms with Crippen LogP contribution in [0.5, 0.6) is 0 Å². The Kier molecular flexibility index (Phi) is 5.42. The van der Waals surface area contributed by atoms with Crippen molar-refractivity contribution < 1.29 is 14.3 Å². The highest BCUT2D eigenvalue weighted by atomic mass is 16.5. The van der Waals surface area contributed by atoms with E-state index < -0.39 is 6.10 Å². The van der Waals surface area contributed by atoms with Crippen molar-refractivity contribution in [2.45, 2.75) is 25.0 Å². The summed E-state index contributed by atoms with van der Waals surface area (Å²) in [7, 11) is 0. The fraction of sp³-hybridized carbons (Fsp3) is 0.263. The summed E-state index contributed by atoms with van der Waals surface area (Å²) in [5.74, 6) is -0.458. The molecule has 0 unspecified atom stereocenters. The molecule has 1 heterocycles. The molecule has 2 amide bonds. The first kappa shape index (κ1) is 17.1. The second-order valence-electron chi connectivity index (χ2n) is 5.91. The molecule has 130 valence electrons. The average molecular weight is 339 g/mol. The molecule has 1 aliphatic heterocycles. The van der Waals surface area contributed by atoms with Crippen molar-refractivity contribution in [3.05, 3.63) is 60.2 Å². The molecule has 0 spiro atoms. The number of rotatable bonds is 5. The highest BCUT2D eigenvalue weighted by Crippen LogP contribution is 2.25. The molecule has 6 nitrogen and oxygen atoms in total. The van der Waals surface area contributed by atoms with Crippen molar-refractivity contribution in [2.75, 3.05) is 17.2 Å². The predicted molar refractivity (Wildman–Crippen MR) is 96.4 cm³/mol. The zero-order valence-electron chi connectivity index (χ0n) is 13.8. The van der Waals surface area contributed by atoms with Gasteiger partial charge in [-0.25, -0.2) is 0 Å². The molecule has 25 heavy (non-hydrogen) atoms. The fourth-order valence-electron chi connectivity index (χ4n) is 2.77. The molecule has 4 N–H and O–H groups in total. The van der Waals surface area contributed by atoms with E-state index in [0.717, 1.165) is 6.42 Å². The number of carbonyl (C=O) groups excluding carboxylic acids is 2. The van der Waals surface area contributed by atoms with Gasteiger partial charge in [0.25, 0.3) is 11.8 Å². The molecule has 2 aromatic rings. The summed E-state index contributed by atoms with van der Waals surface area (Å²) in [6.45, 7) is 0.410. The average Bonchev–Trinajstić information content (AvgIpc) is 3.13. The van der Waals surface area contributed by atoms with Gasteiger partial charge >= 0.3 is 0 Å². The molecule has 3 rings (SSSR count). The Morgan fingerprint density at radius 1 is 0.960 bits per heavy atom. The number of hydrogen-bond acceptors (Lipinski definition) is 4. The van der Waals surface area contributed by atoms with Crippen LogP contribution in [0.3, 0.4) is 0 Å². The van der Waals surface area contributed by atoms with E-state index in [1.807, 2.05) is 6.07 Å². The Bertz CT molecular complexity index is 749. The van der Waals surface area contributed by atoms with Crippen LogP contribution in [0.25, 0.3) is 0 Å². The molecule has 0 aliphatic carbocycles. The lowest BCUT2D eigenvalue weighted by molar-refractivity contribution is -0.126. The number of amides is 2. The highest BCUT2D eigenvalue weighted by Gasteiger charge is 2.30. The van der Waals surface area contributed by atoms with Gasteiger partial charge in [-0.15, -0.1) is 0 Å². The Balaban J connectivity index is 1.69. The van der Waals surface area contributed by atoms with Crippen molar-refractivity contribution >= 4 is 23.2 Å². The van der Waals surface area contributed by atoms with Gasteiger partial charge in [-0.1, -0.05) is 30.3 Å². The summed E-state index contributed by atoms with van der Waals surface area (Å²) in [5, 5.41) is 5.66. The lowest BCUT2D eigenvalue weighted by Crippen LogP contribution is -2.30. The maximum Gasteiger partial charge on any atom is 0.255 e. The van der Waals surface area contributed by atoms with Gasteiger partial charge in [0.1, 0.15) is 6.10 Å². The first-order chi connectivity index (χ1) is 12.2. The van der Waals surface area contributed by atoms with Crippen LogP contribution in [0.1, 0.15) is 23.2 Å². The molecule has 1 fully saturated rings. The smallest absolute Gasteiger partial charge is 0.255 e. The van der Waals surface area contributed by atoms with Crippen molar-refractivity contribution in [1.82, 2.24) is 0 Å². The van der Waals surface area contributed by atoms with E-state index in [-0.39, 0.29) is 17.9 Å². The minimum atomic E-state index is -0.508. The van der Waals surface area contributed by atoms with Crippen LogP contribution in [0.4, 0.5) is 11.4 Å². The van der Waals surface area contributed by atoms with E-state index in [9.17, 15) is 9.59 Å². The molecule has 0 saturated carbocycles. The van der Waals surface area contributed by atoms with Crippen molar-refractivity contribution in [1.29, 1.82) is 0 Å². The van der Waals surface area contributed by atoms with E-state index in [4.69, 9.17) is 10.5 Å². The Morgan fingerprint density at radius 3 is 2.24 bits per heavy atom. The Labute approximate surface area is 146 Å². The summed E-state index contributed by atoms with van der Waals surface area (Å²) in [6, 6.07) is 16.0. The SMILES string of the molecule is NC[C@H]1CC[C@@H](C(=O)Nc2ccccc2NC(=O)c2ccccc2)O1. The molecule has 2 aromatic carbocycles. The number of ether oxygens (including phenoxy) is 1. The van der Waals surface area contributed by atoms with Gasteiger partial charge in [0, 0.05) is 12.1 Å². The van der Waals surface area contributed by atoms with Crippen LogP contribution < -0.4 is 16.4 Å². The Hall–Kier alpha value is -2.70. The molecule has 1 aliphatic rings. The van der Waals surface area contributed by atoms with Crippen molar-refractivity contribution in [3.8, 4) is 0 Å². The maximum atomic E-state index is 12.4. The third-order valence-corrected chi connectivity index (χ3v) is 4.13. The number of benzene rings is 2. The molecule has 6 heteroatoms. The van der Waals surface area contributed by atoms with E-state index in [0.29, 0.717) is 29.9 Å². The van der Waals surface area contributed by atoms with E-state index in [2.05, 4.69) is 10.6 Å². The van der Waals surface area contributed by atoms with Crippen LogP contribution in [0, 0.1) is 0 Å². The van der Waals surface area contributed by atoms with Crippen LogP contribution in [0.15, 0.2) is 54.6 Å². The lowest BCUT2D eigenvalue weighted by Gasteiger charge is -2.15. The third kappa shape index (κ3) is 4.23. The van der Waals surface area contributed by atoms with Crippen LogP contribution in [0.2, 0.25) is 0 Å². The fourth-order valence-corrected chi connectivity index (χ4v) is 2.77. The minimum absolute atomic E-state index is 0.0659. The summed E-state index contributed by atoms with van der Waals surface area (Å²) in [6.07, 6.45) is 0.850. The zero-order chi connectivity index (χ0) is 17.6. The molecule has 1 saturated heterocycles. The second-order valence-corrected chi connectivity index (χ2v) is 5.91. The molecule has 0 bridgehead atoms. The van der Waals surface area contributed by atoms with E-state index >= 15 is 0 Å².